The monoisotopic (exact) mass is 660 g/mol. The Balaban J connectivity index is 1.29. The quantitative estimate of drug-likeness (QED) is 0.153. The van der Waals surface area contributed by atoms with E-state index < -0.39 is 0 Å². The highest BCUT2D eigenvalue weighted by Crippen LogP contribution is 2.51. The summed E-state index contributed by atoms with van der Waals surface area (Å²) >= 11 is 8.50. The second-order valence-corrected chi connectivity index (χ2v) is 18.8. The standard InChI is InChI=1S/C36H44N4S4/c1-2-26-34(11-19-42-20-12-34)28-5-6-30(39-28)36(15-23-44-24-16-36)32-8-7-31(40-32)35(13-21-43-22-14-35)29-4-3-27(38-29)33(25(1)37-26)9-17-41-18-10-33/h1-8,37-40H,9-24H2. The zero-order valence-corrected chi connectivity index (χ0v) is 28.8. The zero-order valence-electron chi connectivity index (χ0n) is 25.6. The van der Waals surface area contributed by atoms with Gasteiger partial charge in [0.05, 0.1) is 21.7 Å². The third-order valence-corrected chi connectivity index (χ3v) is 16.2. The Labute approximate surface area is 278 Å². The summed E-state index contributed by atoms with van der Waals surface area (Å²) in [7, 11) is 0. The Bertz CT molecular complexity index is 1290. The van der Waals surface area contributed by atoms with Crippen LogP contribution in [-0.4, -0.2) is 66.0 Å². The first kappa shape index (κ1) is 28.7. The number of fused-ring (bicyclic) bond motifs is 16. The maximum atomic E-state index is 4.19. The Morgan fingerprint density at radius 1 is 0.295 bits per heavy atom. The van der Waals surface area contributed by atoms with E-state index in [-0.39, 0.29) is 21.7 Å². The molecule has 8 bridgehead atoms. The number of rotatable bonds is 0. The van der Waals surface area contributed by atoms with Crippen LogP contribution in [0.5, 0.6) is 0 Å². The molecule has 0 saturated carbocycles. The van der Waals surface area contributed by atoms with E-state index in [1.807, 2.05) is 0 Å². The Morgan fingerprint density at radius 3 is 0.614 bits per heavy atom. The van der Waals surface area contributed by atoms with Crippen molar-refractivity contribution in [3.05, 3.63) is 94.1 Å². The lowest BCUT2D eigenvalue weighted by Crippen LogP contribution is -2.37. The topological polar surface area (TPSA) is 63.2 Å². The minimum absolute atomic E-state index is 0.0135. The molecule has 4 nitrogen and oxygen atoms in total. The van der Waals surface area contributed by atoms with Crippen LogP contribution in [0.1, 0.15) is 96.9 Å². The van der Waals surface area contributed by atoms with E-state index in [2.05, 4.69) is 116 Å². The van der Waals surface area contributed by atoms with Gasteiger partial charge in [-0.3, -0.25) is 0 Å². The molecule has 4 aromatic heterocycles. The molecule has 4 spiro atoms. The second-order valence-electron chi connectivity index (χ2n) is 13.9. The Hall–Kier alpha value is -1.48. The van der Waals surface area contributed by atoms with Crippen LogP contribution in [0.4, 0.5) is 0 Å². The molecule has 4 saturated heterocycles. The van der Waals surface area contributed by atoms with E-state index in [0.717, 1.165) is 0 Å². The van der Waals surface area contributed by atoms with Crippen LogP contribution in [-0.2, 0) is 21.7 Å². The van der Waals surface area contributed by atoms with Gasteiger partial charge in [0.25, 0.3) is 0 Å². The summed E-state index contributed by atoms with van der Waals surface area (Å²) < 4.78 is 0. The van der Waals surface area contributed by atoms with Crippen LogP contribution in [0.15, 0.2) is 48.5 Å². The van der Waals surface area contributed by atoms with E-state index in [9.17, 15) is 0 Å². The van der Waals surface area contributed by atoms with Crippen LogP contribution in [0, 0.1) is 0 Å². The number of aromatic nitrogens is 4. The molecular formula is C36H44N4S4. The second kappa shape index (κ2) is 11.1. The fraction of sp³-hybridized carbons (Fsp3) is 0.556. The van der Waals surface area contributed by atoms with Gasteiger partial charge < -0.3 is 19.9 Å². The van der Waals surface area contributed by atoms with Crippen LogP contribution in [0.25, 0.3) is 0 Å². The number of thioether (sulfide) groups is 4. The van der Waals surface area contributed by atoms with Gasteiger partial charge in [-0.15, -0.1) is 0 Å². The van der Waals surface area contributed by atoms with Crippen molar-refractivity contribution in [2.45, 2.75) is 73.0 Å². The van der Waals surface area contributed by atoms with E-state index in [1.165, 1.54) is 143 Å². The average molecular weight is 661 g/mol. The van der Waals surface area contributed by atoms with Crippen molar-refractivity contribution in [1.29, 1.82) is 0 Å². The minimum atomic E-state index is 0.0135. The molecule has 4 N–H and O–H groups in total. The molecule has 44 heavy (non-hydrogen) atoms. The predicted octanol–water partition coefficient (Wildman–Crippen LogP) is 8.56. The maximum absolute atomic E-state index is 4.19. The zero-order chi connectivity index (χ0) is 29.2. The van der Waals surface area contributed by atoms with Crippen LogP contribution < -0.4 is 0 Å². The molecule has 5 aliphatic rings. The van der Waals surface area contributed by atoms with E-state index in [4.69, 9.17) is 0 Å². The van der Waals surface area contributed by atoms with Gasteiger partial charge in [0.1, 0.15) is 0 Å². The van der Waals surface area contributed by atoms with Crippen molar-refractivity contribution >= 4 is 47.0 Å². The molecule has 0 unspecified atom stereocenters. The summed E-state index contributed by atoms with van der Waals surface area (Å²) in [6, 6.07) is 19.8. The summed E-state index contributed by atoms with van der Waals surface area (Å²) in [4.78, 5) is 16.7. The molecule has 0 atom stereocenters. The van der Waals surface area contributed by atoms with Crippen LogP contribution in [0.2, 0.25) is 0 Å². The highest BCUT2D eigenvalue weighted by atomic mass is 32.2. The lowest BCUT2D eigenvalue weighted by molar-refractivity contribution is 0.413. The van der Waals surface area contributed by atoms with Gasteiger partial charge >= 0.3 is 0 Å². The Kier molecular flexibility index (Phi) is 7.22. The SMILES string of the molecule is c1cc2[nH]c1C1(CCSCC1)c1ccc([nH]1)C1(CCSCC1)c1ccc([nH]1)C1(CCSCC1)c1ccc([nH]1)C21CCSCC1. The van der Waals surface area contributed by atoms with Gasteiger partial charge in [-0.2, -0.15) is 47.0 Å². The fourth-order valence-electron chi connectivity index (χ4n) is 9.43. The van der Waals surface area contributed by atoms with E-state index >= 15 is 0 Å². The molecule has 8 heteroatoms. The summed E-state index contributed by atoms with van der Waals surface area (Å²) in [6.45, 7) is 0. The van der Waals surface area contributed by atoms with Gasteiger partial charge in [0.15, 0.2) is 0 Å². The molecule has 0 aliphatic carbocycles. The summed E-state index contributed by atoms with van der Waals surface area (Å²) in [6.07, 6.45) is 9.47. The first-order valence-corrected chi connectivity index (χ1v) is 21.4. The van der Waals surface area contributed by atoms with Crippen molar-refractivity contribution in [3.8, 4) is 0 Å². The first-order valence-electron chi connectivity index (χ1n) is 16.8. The number of hydrogen-bond donors (Lipinski definition) is 4. The maximum Gasteiger partial charge on any atom is 0.0519 e. The van der Waals surface area contributed by atoms with Gasteiger partial charge in [0, 0.05) is 45.6 Å². The fourth-order valence-corrected chi connectivity index (χ4v) is 14.2. The average Bonchev–Trinajstić information content (AvgIpc) is 3.93. The normalized spacial score (nSPS) is 25.1. The molecule has 0 aromatic carbocycles. The summed E-state index contributed by atoms with van der Waals surface area (Å²) in [5.74, 6) is 9.72. The smallest absolute Gasteiger partial charge is 0.0519 e. The van der Waals surface area contributed by atoms with Crippen molar-refractivity contribution in [2.24, 2.45) is 0 Å². The minimum Gasteiger partial charge on any atom is -0.361 e. The highest BCUT2D eigenvalue weighted by Gasteiger charge is 2.47. The molecule has 0 amide bonds. The molecule has 4 aromatic rings. The predicted molar refractivity (Wildman–Crippen MR) is 193 cm³/mol. The lowest BCUT2D eigenvalue weighted by atomic mass is 9.75. The van der Waals surface area contributed by atoms with E-state index in [1.54, 1.807) is 0 Å². The van der Waals surface area contributed by atoms with Gasteiger partial charge in [-0.05, 0) is 146 Å². The lowest BCUT2D eigenvalue weighted by Gasteiger charge is -2.40. The van der Waals surface area contributed by atoms with E-state index in [0.29, 0.717) is 0 Å². The molecular weight excluding hydrogens is 617 g/mol. The van der Waals surface area contributed by atoms with Crippen molar-refractivity contribution in [2.75, 3.05) is 46.0 Å². The number of nitrogens with one attached hydrogen (secondary N) is 4. The number of hydrogen-bond acceptors (Lipinski definition) is 4. The molecule has 9 rings (SSSR count). The number of aromatic amines is 4. The van der Waals surface area contributed by atoms with Crippen molar-refractivity contribution in [3.63, 3.8) is 0 Å². The van der Waals surface area contributed by atoms with Crippen LogP contribution >= 0.6 is 47.0 Å². The third-order valence-electron chi connectivity index (χ3n) is 12.3. The van der Waals surface area contributed by atoms with Crippen molar-refractivity contribution in [1.82, 2.24) is 19.9 Å². The molecule has 9 heterocycles. The molecule has 232 valence electrons. The molecule has 4 fully saturated rings. The molecule has 5 aliphatic heterocycles. The largest absolute Gasteiger partial charge is 0.361 e. The van der Waals surface area contributed by atoms with Gasteiger partial charge in [-0.25, -0.2) is 0 Å². The molecule has 0 radical (unpaired) electrons. The Morgan fingerprint density at radius 2 is 0.455 bits per heavy atom. The van der Waals surface area contributed by atoms with Crippen LogP contribution in [0.3, 0.4) is 0 Å². The summed E-state index contributed by atoms with van der Waals surface area (Å²) in [5, 5.41) is 0. The highest BCUT2D eigenvalue weighted by molar-refractivity contribution is 7.99. The van der Waals surface area contributed by atoms with Crippen molar-refractivity contribution < 1.29 is 0 Å². The number of H-pyrrole nitrogens is 4. The van der Waals surface area contributed by atoms with Gasteiger partial charge in [-0.1, -0.05) is 0 Å². The first-order chi connectivity index (χ1) is 21.7. The van der Waals surface area contributed by atoms with Gasteiger partial charge in [0.2, 0.25) is 0 Å². The summed E-state index contributed by atoms with van der Waals surface area (Å²) in [5.41, 5.74) is 11.5. The third kappa shape index (κ3) is 4.22.